The van der Waals surface area contributed by atoms with E-state index in [0.717, 1.165) is 31.0 Å². The normalized spacial score (nSPS) is 19.5. The SMILES string of the molecule is O=C(Cn1c2c(c(=O)n3nc(C4CCOCC4)nc13)C1(CCNCC1)OC2)Nc1ccc(C(F)(F)F)cc1Cl. The van der Waals surface area contributed by atoms with Crippen LogP contribution in [-0.2, 0) is 39.2 Å². The molecule has 3 aromatic rings. The summed E-state index contributed by atoms with van der Waals surface area (Å²) in [6.45, 7) is 2.34. The average molecular weight is 567 g/mol. The van der Waals surface area contributed by atoms with Gasteiger partial charge in [-0.15, -0.1) is 5.10 Å². The highest BCUT2D eigenvalue weighted by Crippen LogP contribution is 2.41. The van der Waals surface area contributed by atoms with E-state index >= 15 is 0 Å². The van der Waals surface area contributed by atoms with Crippen molar-refractivity contribution in [2.75, 3.05) is 31.6 Å². The molecular weight excluding hydrogens is 541 g/mol. The number of aromatic nitrogens is 4. The first kappa shape index (κ1) is 26.2. The van der Waals surface area contributed by atoms with Crippen LogP contribution in [-0.4, -0.2) is 51.4 Å². The van der Waals surface area contributed by atoms with E-state index in [1.807, 2.05) is 0 Å². The molecule has 6 rings (SSSR count). The number of carbonyl (C=O) groups is 1. The van der Waals surface area contributed by atoms with E-state index < -0.39 is 23.2 Å². The first-order valence-corrected chi connectivity index (χ1v) is 13.2. The lowest BCUT2D eigenvalue weighted by Crippen LogP contribution is -2.43. The molecule has 0 bridgehead atoms. The van der Waals surface area contributed by atoms with Crippen LogP contribution in [0.3, 0.4) is 0 Å². The van der Waals surface area contributed by atoms with Crippen LogP contribution in [0.1, 0.15) is 54.2 Å². The number of hydrogen-bond acceptors (Lipinski definition) is 7. The van der Waals surface area contributed by atoms with E-state index in [-0.39, 0.29) is 41.1 Å². The zero-order chi connectivity index (χ0) is 27.4. The molecule has 2 fully saturated rings. The molecule has 14 heteroatoms. The van der Waals surface area contributed by atoms with Gasteiger partial charge in [-0.25, -0.2) is 0 Å². The fraction of sp³-hybridized carbons (Fsp3) is 0.520. The summed E-state index contributed by atoms with van der Waals surface area (Å²) < 4.78 is 53.6. The summed E-state index contributed by atoms with van der Waals surface area (Å²) >= 11 is 6.05. The number of anilines is 1. The molecular formula is C25H26ClF3N6O4. The number of hydrogen-bond donors (Lipinski definition) is 2. The van der Waals surface area contributed by atoms with Gasteiger partial charge in [0.25, 0.3) is 5.56 Å². The van der Waals surface area contributed by atoms with Crippen molar-refractivity contribution in [2.24, 2.45) is 0 Å². The van der Waals surface area contributed by atoms with Crippen molar-refractivity contribution in [3.63, 3.8) is 0 Å². The maximum absolute atomic E-state index is 13.8. The third kappa shape index (κ3) is 4.71. The zero-order valence-electron chi connectivity index (χ0n) is 20.8. The molecule has 39 heavy (non-hydrogen) atoms. The smallest absolute Gasteiger partial charge is 0.381 e. The number of nitrogens with zero attached hydrogens (tertiary/aromatic N) is 4. The van der Waals surface area contributed by atoms with Crippen molar-refractivity contribution >= 4 is 29.0 Å². The Bertz CT molecular complexity index is 1490. The number of ether oxygens (including phenoxy) is 2. The number of amides is 1. The van der Waals surface area contributed by atoms with Gasteiger partial charge in [0, 0.05) is 19.1 Å². The summed E-state index contributed by atoms with van der Waals surface area (Å²) in [5.41, 5.74) is -0.953. The van der Waals surface area contributed by atoms with E-state index in [4.69, 9.17) is 21.1 Å². The van der Waals surface area contributed by atoms with Crippen molar-refractivity contribution in [1.29, 1.82) is 0 Å². The molecule has 3 aliphatic rings. The minimum absolute atomic E-state index is 0.0187. The predicted molar refractivity (Wildman–Crippen MR) is 134 cm³/mol. The molecule has 0 saturated carbocycles. The molecule has 0 unspecified atom stereocenters. The van der Waals surface area contributed by atoms with Gasteiger partial charge in [0.1, 0.15) is 12.1 Å². The van der Waals surface area contributed by atoms with Gasteiger partial charge in [-0.1, -0.05) is 11.6 Å². The summed E-state index contributed by atoms with van der Waals surface area (Å²) in [6.07, 6.45) is -1.94. The number of halogens is 4. The lowest BCUT2D eigenvalue weighted by Gasteiger charge is -2.33. The Morgan fingerprint density at radius 2 is 1.97 bits per heavy atom. The third-order valence-corrected chi connectivity index (χ3v) is 7.99. The number of nitrogens with one attached hydrogen (secondary N) is 2. The molecule has 5 heterocycles. The Labute approximate surface area is 225 Å². The first-order chi connectivity index (χ1) is 18.7. The van der Waals surface area contributed by atoms with Gasteiger partial charge in [-0.2, -0.15) is 22.7 Å². The summed E-state index contributed by atoms with van der Waals surface area (Å²) in [5, 5.41) is 10.2. The Morgan fingerprint density at radius 3 is 2.67 bits per heavy atom. The highest BCUT2D eigenvalue weighted by Gasteiger charge is 2.46. The highest BCUT2D eigenvalue weighted by molar-refractivity contribution is 6.33. The van der Waals surface area contributed by atoms with Gasteiger partial charge in [0.05, 0.1) is 34.1 Å². The van der Waals surface area contributed by atoms with Crippen molar-refractivity contribution in [3.05, 3.63) is 56.2 Å². The monoisotopic (exact) mass is 566 g/mol. The molecule has 2 saturated heterocycles. The van der Waals surface area contributed by atoms with Gasteiger partial charge in [0.2, 0.25) is 11.7 Å². The topological polar surface area (TPSA) is 112 Å². The molecule has 0 aliphatic carbocycles. The molecule has 2 N–H and O–H groups in total. The Balaban J connectivity index is 1.40. The molecule has 0 atom stereocenters. The molecule has 2 aromatic heterocycles. The average Bonchev–Trinajstić information content (AvgIpc) is 3.51. The van der Waals surface area contributed by atoms with Crippen LogP contribution >= 0.6 is 11.6 Å². The standard InChI is InChI=1S/C25H26ClF3N6O4/c26-16-11-15(25(27,28)29)1-2-17(16)31-19(36)12-34-18-13-39-24(5-7-30-8-6-24)20(18)22(37)35-23(34)32-21(33-35)14-3-9-38-10-4-14/h1-2,11,14,30H,3-10,12-13H2,(H,31,36). The quantitative estimate of drug-likeness (QED) is 0.499. The zero-order valence-corrected chi connectivity index (χ0v) is 21.6. The largest absolute Gasteiger partial charge is 0.416 e. The van der Waals surface area contributed by atoms with Gasteiger partial charge in [0.15, 0.2) is 5.82 Å². The van der Waals surface area contributed by atoms with Crippen LogP contribution in [0.25, 0.3) is 5.78 Å². The van der Waals surface area contributed by atoms with E-state index in [9.17, 15) is 22.8 Å². The van der Waals surface area contributed by atoms with Crippen LogP contribution in [0.15, 0.2) is 23.0 Å². The molecule has 208 valence electrons. The number of fused-ring (bicyclic) bond motifs is 3. The fourth-order valence-electron chi connectivity index (χ4n) is 5.65. The van der Waals surface area contributed by atoms with E-state index in [2.05, 4.69) is 20.7 Å². The van der Waals surface area contributed by atoms with Crippen molar-refractivity contribution < 1.29 is 27.4 Å². The number of piperidine rings is 1. The molecule has 1 amide bonds. The van der Waals surface area contributed by atoms with E-state index in [1.165, 1.54) is 4.52 Å². The van der Waals surface area contributed by atoms with Crippen LogP contribution in [0.5, 0.6) is 0 Å². The number of alkyl halides is 3. The second kappa shape index (κ2) is 9.88. The van der Waals surface area contributed by atoms with Crippen molar-refractivity contribution in [2.45, 2.75) is 56.5 Å². The fourth-order valence-corrected chi connectivity index (χ4v) is 5.88. The minimum Gasteiger partial charge on any atom is -0.381 e. The van der Waals surface area contributed by atoms with Gasteiger partial charge >= 0.3 is 6.18 Å². The summed E-state index contributed by atoms with van der Waals surface area (Å²) in [5.74, 6) is 0.194. The second-order valence-corrected chi connectivity index (χ2v) is 10.5. The summed E-state index contributed by atoms with van der Waals surface area (Å²) in [7, 11) is 0. The molecule has 1 spiro atoms. The maximum Gasteiger partial charge on any atom is 0.416 e. The molecule has 10 nitrogen and oxygen atoms in total. The Morgan fingerprint density at radius 1 is 1.23 bits per heavy atom. The minimum atomic E-state index is -4.56. The Hall–Kier alpha value is -3.00. The van der Waals surface area contributed by atoms with Crippen LogP contribution in [0.4, 0.5) is 18.9 Å². The summed E-state index contributed by atoms with van der Waals surface area (Å²) in [6, 6.07) is 2.73. The highest BCUT2D eigenvalue weighted by atomic mass is 35.5. The van der Waals surface area contributed by atoms with Crippen molar-refractivity contribution in [1.82, 2.24) is 24.5 Å². The molecule has 0 radical (unpaired) electrons. The first-order valence-electron chi connectivity index (χ1n) is 12.8. The molecule has 3 aliphatic heterocycles. The van der Waals surface area contributed by atoms with Crippen LogP contribution in [0.2, 0.25) is 5.02 Å². The number of rotatable bonds is 4. The van der Waals surface area contributed by atoms with Gasteiger partial charge < -0.3 is 24.7 Å². The molecule has 1 aromatic carbocycles. The predicted octanol–water partition coefficient (Wildman–Crippen LogP) is 3.20. The maximum atomic E-state index is 13.8. The second-order valence-electron chi connectivity index (χ2n) is 10.1. The number of benzene rings is 1. The van der Waals surface area contributed by atoms with E-state index in [0.29, 0.717) is 56.2 Å². The number of carbonyl (C=O) groups excluding carboxylic acids is 1. The van der Waals surface area contributed by atoms with E-state index in [1.54, 1.807) is 4.57 Å². The lowest BCUT2D eigenvalue weighted by molar-refractivity contribution is -0.137. The summed E-state index contributed by atoms with van der Waals surface area (Å²) in [4.78, 5) is 31.7. The van der Waals surface area contributed by atoms with Gasteiger partial charge in [-0.05, 0) is 57.0 Å². The van der Waals surface area contributed by atoms with Crippen LogP contribution < -0.4 is 16.2 Å². The third-order valence-electron chi connectivity index (χ3n) is 7.68. The van der Waals surface area contributed by atoms with Crippen molar-refractivity contribution in [3.8, 4) is 0 Å². The van der Waals surface area contributed by atoms with Gasteiger partial charge in [-0.3, -0.25) is 9.59 Å². The van der Waals surface area contributed by atoms with Crippen LogP contribution in [0, 0.1) is 0 Å². The lowest BCUT2D eigenvalue weighted by atomic mass is 9.86. The Kier molecular flexibility index (Phi) is 6.64.